The van der Waals surface area contributed by atoms with Crippen LogP contribution in [-0.4, -0.2) is 16.5 Å². The lowest BCUT2D eigenvalue weighted by molar-refractivity contribution is 0.103. The molecule has 0 saturated carbocycles. The summed E-state index contributed by atoms with van der Waals surface area (Å²) in [4.78, 5) is 37.0. The number of nitrogens with one attached hydrogen (secondary N) is 3. The molecular formula is C22H18N4O3S. The molecule has 0 aliphatic rings. The average molecular weight is 418 g/mol. The number of hydrogen-bond donors (Lipinski definition) is 3. The summed E-state index contributed by atoms with van der Waals surface area (Å²) in [5, 5.41) is 9.73. The van der Waals surface area contributed by atoms with Gasteiger partial charge in [-0.3, -0.25) is 14.9 Å². The predicted molar refractivity (Wildman–Crippen MR) is 121 cm³/mol. The van der Waals surface area contributed by atoms with Crippen LogP contribution in [0.5, 0.6) is 0 Å². The van der Waals surface area contributed by atoms with Gasteiger partial charge in [-0.05, 0) is 47.9 Å². The van der Waals surface area contributed by atoms with E-state index in [0.717, 1.165) is 10.9 Å². The van der Waals surface area contributed by atoms with E-state index in [1.54, 1.807) is 49.5 Å². The number of aryl methyl sites for hydroxylation is 1. The number of fused-ring (bicyclic) bond motifs is 1. The number of benzene rings is 2. The molecule has 0 fully saturated rings. The minimum atomic E-state index is -0.384. The van der Waals surface area contributed by atoms with Crippen LogP contribution in [0.1, 0.15) is 9.67 Å². The molecule has 7 nitrogen and oxygen atoms in total. The second-order valence-corrected chi connectivity index (χ2v) is 7.65. The van der Waals surface area contributed by atoms with Crippen LogP contribution < -0.4 is 21.5 Å². The Kier molecular flexibility index (Phi) is 5.32. The molecule has 2 aromatic carbocycles. The average Bonchev–Trinajstić information content (AvgIpc) is 3.20. The molecule has 0 spiro atoms. The van der Waals surface area contributed by atoms with Crippen molar-refractivity contribution in [3.8, 4) is 0 Å². The van der Waals surface area contributed by atoms with E-state index in [4.69, 9.17) is 0 Å². The van der Waals surface area contributed by atoms with E-state index < -0.39 is 0 Å². The molecule has 2 heterocycles. The summed E-state index contributed by atoms with van der Waals surface area (Å²) in [6.07, 6.45) is 0. The number of rotatable bonds is 4. The number of pyridine rings is 1. The van der Waals surface area contributed by atoms with E-state index in [1.165, 1.54) is 22.0 Å². The van der Waals surface area contributed by atoms with E-state index in [0.29, 0.717) is 21.3 Å². The lowest BCUT2D eigenvalue weighted by Gasteiger charge is -2.08. The quantitative estimate of drug-likeness (QED) is 0.456. The van der Waals surface area contributed by atoms with Crippen molar-refractivity contribution in [1.82, 2.24) is 4.57 Å². The van der Waals surface area contributed by atoms with Gasteiger partial charge in [-0.2, -0.15) is 0 Å². The van der Waals surface area contributed by atoms with Gasteiger partial charge in [0.05, 0.1) is 15.4 Å². The summed E-state index contributed by atoms with van der Waals surface area (Å²) in [6.45, 7) is 0. The zero-order valence-electron chi connectivity index (χ0n) is 16.0. The molecule has 0 saturated heterocycles. The first-order chi connectivity index (χ1) is 14.5. The Morgan fingerprint density at radius 1 is 0.833 bits per heavy atom. The number of nitrogens with zero attached hydrogens (tertiary/aromatic N) is 1. The maximum atomic E-state index is 12.6. The molecule has 0 aliphatic heterocycles. The zero-order valence-corrected chi connectivity index (χ0v) is 16.8. The monoisotopic (exact) mass is 418 g/mol. The number of thiophene rings is 1. The summed E-state index contributed by atoms with van der Waals surface area (Å²) in [6, 6.07) is 20.7. The van der Waals surface area contributed by atoms with E-state index >= 15 is 0 Å². The Bertz CT molecular complexity index is 1290. The lowest BCUT2D eigenvalue weighted by atomic mass is 10.2. The van der Waals surface area contributed by atoms with Crippen LogP contribution in [0.4, 0.5) is 21.2 Å². The van der Waals surface area contributed by atoms with Gasteiger partial charge in [0.1, 0.15) is 0 Å². The molecule has 0 bridgehead atoms. The first kappa shape index (κ1) is 19.4. The number of carbonyl (C=O) groups excluding carboxylic acids is 2. The first-order valence-electron chi connectivity index (χ1n) is 9.14. The van der Waals surface area contributed by atoms with Crippen LogP contribution in [-0.2, 0) is 7.05 Å². The molecule has 0 aliphatic carbocycles. The molecule has 3 N–H and O–H groups in total. The predicted octanol–water partition coefficient (Wildman–Crippen LogP) is 4.50. The summed E-state index contributed by atoms with van der Waals surface area (Å²) in [5.41, 5.74) is 1.87. The molecule has 30 heavy (non-hydrogen) atoms. The van der Waals surface area contributed by atoms with Gasteiger partial charge >= 0.3 is 6.03 Å². The zero-order chi connectivity index (χ0) is 21.1. The summed E-state index contributed by atoms with van der Waals surface area (Å²) in [7, 11) is 1.69. The topological polar surface area (TPSA) is 92.2 Å². The number of carbonyl (C=O) groups is 2. The maximum Gasteiger partial charge on any atom is 0.324 e. The second kappa shape index (κ2) is 8.22. The van der Waals surface area contributed by atoms with Crippen molar-refractivity contribution in [1.29, 1.82) is 0 Å². The van der Waals surface area contributed by atoms with Gasteiger partial charge < -0.3 is 15.2 Å². The molecule has 150 valence electrons. The second-order valence-electron chi connectivity index (χ2n) is 6.57. The highest BCUT2D eigenvalue weighted by Crippen LogP contribution is 2.24. The first-order valence-corrected chi connectivity index (χ1v) is 9.95. The fourth-order valence-corrected chi connectivity index (χ4v) is 3.76. The van der Waals surface area contributed by atoms with Crippen LogP contribution in [0.25, 0.3) is 10.9 Å². The fraction of sp³-hybridized carbons (Fsp3) is 0.0455. The standard InChI is InChI=1S/C22H18N4O3S/c1-26-17-13-16(9-7-14(17)8-12-20(26)27)23-21(28)18-10-11-19(30-18)25-22(29)24-15-5-3-2-4-6-15/h2-13H,1H3,(H,23,28)(H2,24,25,29). The van der Waals surface area contributed by atoms with Crippen LogP contribution in [0, 0.1) is 0 Å². The number of amides is 3. The van der Waals surface area contributed by atoms with Gasteiger partial charge in [0.15, 0.2) is 0 Å². The lowest BCUT2D eigenvalue weighted by Crippen LogP contribution is -2.18. The minimum absolute atomic E-state index is 0.117. The highest BCUT2D eigenvalue weighted by Gasteiger charge is 2.12. The van der Waals surface area contributed by atoms with Crippen molar-refractivity contribution in [2.75, 3.05) is 16.0 Å². The minimum Gasteiger partial charge on any atom is -0.321 e. The molecule has 8 heteroatoms. The molecule has 4 aromatic rings. The van der Waals surface area contributed by atoms with Crippen molar-refractivity contribution >= 4 is 50.6 Å². The van der Waals surface area contributed by atoms with Crippen LogP contribution >= 0.6 is 11.3 Å². The Balaban J connectivity index is 1.44. The maximum absolute atomic E-state index is 12.6. The number of anilines is 3. The number of urea groups is 1. The molecule has 0 unspecified atom stereocenters. The van der Waals surface area contributed by atoms with Crippen LogP contribution in [0.2, 0.25) is 0 Å². The largest absolute Gasteiger partial charge is 0.324 e. The van der Waals surface area contributed by atoms with Gasteiger partial charge in [-0.25, -0.2) is 4.79 Å². The van der Waals surface area contributed by atoms with Gasteiger partial charge in [0.2, 0.25) is 0 Å². The highest BCUT2D eigenvalue weighted by atomic mass is 32.1. The van der Waals surface area contributed by atoms with Gasteiger partial charge in [0.25, 0.3) is 11.5 Å². The van der Waals surface area contributed by atoms with Crippen molar-refractivity contribution in [2.24, 2.45) is 7.05 Å². The molecular weight excluding hydrogens is 400 g/mol. The molecule has 0 atom stereocenters. The summed E-state index contributed by atoms with van der Waals surface area (Å²) >= 11 is 1.17. The molecule has 0 radical (unpaired) electrons. The van der Waals surface area contributed by atoms with Crippen molar-refractivity contribution in [2.45, 2.75) is 0 Å². The smallest absolute Gasteiger partial charge is 0.321 e. The molecule has 2 aromatic heterocycles. The van der Waals surface area contributed by atoms with E-state index in [9.17, 15) is 14.4 Å². The van der Waals surface area contributed by atoms with Gasteiger partial charge in [-0.15, -0.1) is 11.3 Å². The third kappa shape index (κ3) is 4.23. The Hall–Kier alpha value is -3.91. The van der Waals surface area contributed by atoms with E-state index in [1.807, 2.05) is 24.3 Å². The highest BCUT2D eigenvalue weighted by molar-refractivity contribution is 7.18. The van der Waals surface area contributed by atoms with Crippen molar-refractivity contribution < 1.29 is 9.59 Å². The Labute approximate surface area is 176 Å². The number of hydrogen-bond acceptors (Lipinski definition) is 4. The number of para-hydroxylation sites is 1. The summed E-state index contributed by atoms with van der Waals surface area (Å²) in [5.74, 6) is -0.295. The Morgan fingerprint density at radius 3 is 2.40 bits per heavy atom. The third-order valence-electron chi connectivity index (χ3n) is 4.48. The van der Waals surface area contributed by atoms with Crippen LogP contribution in [0.15, 0.2) is 77.6 Å². The number of aromatic nitrogens is 1. The van der Waals surface area contributed by atoms with Crippen molar-refractivity contribution in [3.63, 3.8) is 0 Å². The normalized spacial score (nSPS) is 10.6. The molecule has 3 amide bonds. The SMILES string of the molecule is Cn1c(=O)ccc2ccc(NC(=O)c3ccc(NC(=O)Nc4ccccc4)s3)cc21. The van der Waals surface area contributed by atoms with Crippen LogP contribution in [0.3, 0.4) is 0 Å². The molecule has 4 rings (SSSR count). The van der Waals surface area contributed by atoms with Crippen molar-refractivity contribution in [3.05, 3.63) is 88.0 Å². The third-order valence-corrected chi connectivity index (χ3v) is 5.48. The van der Waals surface area contributed by atoms with Gasteiger partial charge in [0, 0.05) is 24.5 Å². The van der Waals surface area contributed by atoms with Gasteiger partial charge in [-0.1, -0.05) is 24.3 Å². The van der Waals surface area contributed by atoms with E-state index in [-0.39, 0.29) is 17.5 Å². The Morgan fingerprint density at radius 2 is 1.60 bits per heavy atom. The van der Waals surface area contributed by atoms with E-state index in [2.05, 4.69) is 16.0 Å². The summed E-state index contributed by atoms with van der Waals surface area (Å²) < 4.78 is 1.53. The fourth-order valence-electron chi connectivity index (χ4n) is 2.96.